The van der Waals surface area contributed by atoms with Gasteiger partial charge >= 0.3 is 0 Å². The smallest absolute Gasteiger partial charge is 0.223 e. The standard InChI is InChI=1S/C14H18Br2N2O6/c1-5(20)18-10-12(22)11(21)9(4-19)23-14(10)24-13-7(15)2-6(17)3-8(13)16/h2-3,9-12,14,19,21-22H,4,17H2,1H3,(H,18,20)/t9-,10-,11-,12-,14+/m1/s1. The molecule has 1 aromatic carbocycles. The van der Waals surface area contributed by atoms with E-state index in [-0.39, 0.29) is 0 Å². The summed E-state index contributed by atoms with van der Waals surface area (Å²) < 4.78 is 12.3. The molecule has 1 fully saturated rings. The molecule has 0 spiro atoms. The number of rotatable bonds is 4. The number of aliphatic hydroxyl groups is 3. The molecule has 8 nitrogen and oxygen atoms in total. The van der Waals surface area contributed by atoms with Gasteiger partial charge in [0.05, 0.1) is 15.6 Å². The number of hydrogen-bond donors (Lipinski definition) is 5. The van der Waals surface area contributed by atoms with Gasteiger partial charge in [0.2, 0.25) is 12.2 Å². The van der Waals surface area contributed by atoms with Crippen LogP contribution in [0.3, 0.4) is 0 Å². The van der Waals surface area contributed by atoms with Crippen molar-refractivity contribution in [2.75, 3.05) is 12.3 Å². The predicted molar refractivity (Wildman–Crippen MR) is 92.2 cm³/mol. The molecule has 0 unspecified atom stereocenters. The van der Waals surface area contributed by atoms with Crippen LogP contribution in [-0.4, -0.2) is 58.5 Å². The van der Waals surface area contributed by atoms with Gasteiger partial charge in [-0.05, 0) is 44.0 Å². The zero-order valence-electron chi connectivity index (χ0n) is 12.6. The largest absolute Gasteiger partial charge is 0.460 e. The first-order chi connectivity index (χ1) is 11.2. The monoisotopic (exact) mass is 468 g/mol. The van der Waals surface area contributed by atoms with Crippen LogP contribution >= 0.6 is 31.9 Å². The van der Waals surface area contributed by atoms with E-state index < -0.39 is 43.2 Å². The van der Waals surface area contributed by atoms with E-state index in [1.807, 2.05) is 0 Å². The van der Waals surface area contributed by atoms with Crippen LogP contribution in [-0.2, 0) is 9.53 Å². The second-order valence-corrected chi connectivity index (χ2v) is 7.07. The van der Waals surface area contributed by atoms with Gasteiger partial charge in [-0.25, -0.2) is 0 Å². The fourth-order valence-electron chi connectivity index (χ4n) is 2.38. The van der Waals surface area contributed by atoms with Gasteiger partial charge in [0.15, 0.2) is 5.75 Å². The van der Waals surface area contributed by atoms with Crippen LogP contribution in [0, 0.1) is 0 Å². The number of carbonyl (C=O) groups is 1. The van der Waals surface area contributed by atoms with Crippen molar-refractivity contribution >= 4 is 43.5 Å². The molecule has 1 aliphatic heterocycles. The molecule has 0 aliphatic carbocycles. The van der Waals surface area contributed by atoms with Crippen LogP contribution in [0.2, 0.25) is 0 Å². The van der Waals surface area contributed by atoms with Gasteiger partial charge in [-0.3, -0.25) is 4.79 Å². The second kappa shape index (κ2) is 7.98. The predicted octanol–water partition coefficient (Wildman–Crippen LogP) is 0.116. The molecule has 1 heterocycles. The Morgan fingerprint density at radius 2 is 1.92 bits per heavy atom. The Kier molecular flexibility index (Phi) is 6.46. The highest BCUT2D eigenvalue weighted by atomic mass is 79.9. The van der Waals surface area contributed by atoms with E-state index in [9.17, 15) is 20.1 Å². The molecule has 1 aliphatic rings. The Morgan fingerprint density at radius 3 is 2.42 bits per heavy atom. The zero-order valence-corrected chi connectivity index (χ0v) is 15.8. The van der Waals surface area contributed by atoms with Gasteiger partial charge in [-0.2, -0.15) is 0 Å². The lowest BCUT2D eigenvalue weighted by molar-refractivity contribution is -0.244. The molecule has 24 heavy (non-hydrogen) atoms. The quantitative estimate of drug-likeness (QED) is 0.395. The summed E-state index contributed by atoms with van der Waals surface area (Å²) in [5.74, 6) is -0.0915. The summed E-state index contributed by atoms with van der Waals surface area (Å²) in [5.41, 5.74) is 6.22. The van der Waals surface area contributed by atoms with Crippen LogP contribution in [0.5, 0.6) is 5.75 Å². The fourth-order valence-corrected chi connectivity index (χ4v) is 3.79. The molecule has 1 amide bonds. The van der Waals surface area contributed by atoms with Crippen molar-refractivity contribution < 1.29 is 29.6 Å². The Morgan fingerprint density at radius 1 is 1.33 bits per heavy atom. The first-order valence-corrected chi connectivity index (χ1v) is 8.64. The van der Waals surface area contributed by atoms with Crippen LogP contribution in [0.25, 0.3) is 0 Å². The topological polar surface area (TPSA) is 134 Å². The van der Waals surface area contributed by atoms with E-state index in [2.05, 4.69) is 37.2 Å². The van der Waals surface area contributed by atoms with E-state index in [4.69, 9.17) is 15.2 Å². The number of carbonyl (C=O) groups excluding carboxylic acids is 1. The van der Waals surface area contributed by atoms with Crippen molar-refractivity contribution in [2.45, 2.75) is 37.6 Å². The number of nitrogens with two attached hydrogens (primary N) is 1. The maximum atomic E-state index is 11.4. The number of nitrogen functional groups attached to an aromatic ring is 1. The molecule has 10 heteroatoms. The molecule has 0 saturated carbocycles. The molecule has 134 valence electrons. The average molecular weight is 470 g/mol. The first kappa shape index (κ1) is 19.4. The highest BCUT2D eigenvalue weighted by Crippen LogP contribution is 2.37. The molecule has 0 aromatic heterocycles. The highest BCUT2D eigenvalue weighted by molar-refractivity contribution is 9.11. The number of nitrogens with one attached hydrogen (secondary N) is 1. The summed E-state index contributed by atoms with van der Waals surface area (Å²) in [6, 6.07) is 2.20. The third-order valence-corrected chi connectivity index (χ3v) is 4.68. The summed E-state index contributed by atoms with van der Waals surface area (Å²) >= 11 is 6.63. The molecular formula is C14H18Br2N2O6. The van der Waals surface area contributed by atoms with E-state index in [1.54, 1.807) is 12.1 Å². The lowest BCUT2D eigenvalue weighted by atomic mass is 9.97. The fraction of sp³-hybridized carbons (Fsp3) is 0.500. The number of hydrogen-bond acceptors (Lipinski definition) is 7. The van der Waals surface area contributed by atoms with Crippen molar-refractivity contribution in [2.24, 2.45) is 0 Å². The van der Waals surface area contributed by atoms with Crippen LogP contribution in [0.1, 0.15) is 6.92 Å². The molecule has 2 rings (SSSR count). The zero-order chi connectivity index (χ0) is 18.0. The SMILES string of the molecule is CC(=O)N[C@H]1[C@H](Oc2c(Br)cc(N)cc2Br)O[C@H](CO)[C@@H](O)[C@@H]1O. The number of benzene rings is 1. The maximum Gasteiger partial charge on any atom is 0.223 e. The van der Waals surface area contributed by atoms with E-state index >= 15 is 0 Å². The Balaban J connectivity index is 2.31. The van der Waals surface area contributed by atoms with Crippen molar-refractivity contribution in [3.63, 3.8) is 0 Å². The lowest BCUT2D eigenvalue weighted by Crippen LogP contribution is -2.65. The number of halogens is 2. The average Bonchev–Trinajstić information content (AvgIpc) is 2.49. The van der Waals surface area contributed by atoms with Crippen LogP contribution < -0.4 is 15.8 Å². The molecule has 0 radical (unpaired) electrons. The van der Waals surface area contributed by atoms with Gasteiger partial charge in [0, 0.05) is 12.6 Å². The van der Waals surface area contributed by atoms with Gasteiger partial charge in [0.1, 0.15) is 24.4 Å². The molecule has 5 atom stereocenters. The van der Waals surface area contributed by atoms with Crippen molar-refractivity contribution in [1.29, 1.82) is 0 Å². The van der Waals surface area contributed by atoms with E-state index in [0.717, 1.165) is 0 Å². The Hall–Kier alpha value is -0.910. The van der Waals surface area contributed by atoms with Crippen molar-refractivity contribution in [1.82, 2.24) is 5.32 Å². The minimum atomic E-state index is -1.38. The molecule has 6 N–H and O–H groups in total. The summed E-state index contributed by atoms with van der Waals surface area (Å²) in [6.45, 7) is 0.748. The van der Waals surface area contributed by atoms with Crippen LogP contribution in [0.15, 0.2) is 21.1 Å². The van der Waals surface area contributed by atoms with Gasteiger partial charge in [-0.15, -0.1) is 0 Å². The summed E-state index contributed by atoms with van der Waals surface area (Å²) in [7, 11) is 0. The number of ether oxygens (including phenoxy) is 2. The van der Waals surface area contributed by atoms with Crippen molar-refractivity contribution in [3.8, 4) is 5.75 Å². The minimum absolute atomic E-state index is 0.338. The third kappa shape index (κ3) is 4.19. The summed E-state index contributed by atoms with van der Waals surface area (Å²) in [6.07, 6.45) is -4.94. The highest BCUT2D eigenvalue weighted by Gasteiger charge is 2.46. The molecular weight excluding hydrogens is 452 g/mol. The molecule has 1 saturated heterocycles. The Labute approximate surface area is 155 Å². The summed E-state index contributed by atoms with van der Waals surface area (Å²) in [4.78, 5) is 11.4. The van der Waals surface area contributed by atoms with Crippen LogP contribution in [0.4, 0.5) is 5.69 Å². The molecule has 0 bridgehead atoms. The van der Waals surface area contributed by atoms with Gasteiger partial charge in [-0.1, -0.05) is 0 Å². The number of amides is 1. The van der Waals surface area contributed by atoms with Gasteiger partial charge in [0.25, 0.3) is 0 Å². The number of aliphatic hydroxyl groups excluding tert-OH is 3. The minimum Gasteiger partial charge on any atom is -0.460 e. The summed E-state index contributed by atoms with van der Waals surface area (Å²) in [5, 5.41) is 32.0. The van der Waals surface area contributed by atoms with Crippen molar-refractivity contribution in [3.05, 3.63) is 21.1 Å². The van der Waals surface area contributed by atoms with Gasteiger partial charge < -0.3 is 35.8 Å². The van der Waals surface area contributed by atoms with E-state index in [0.29, 0.717) is 20.4 Å². The molecule has 1 aromatic rings. The first-order valence-electron chi connectivity index (χ1n) is 7.05. The third-order valence-electron chi connectivity index (χ3n) is 3.51. The Bertz CT molecular complexity index is 594. The maximum absolute atomic E-state index is 11.4. The normalized spacial score (nSPS) is 30.0. The van der Waals surface area contributed by atoms with E-state index in [1.165, 1.54) is 6.92 Å². The number of anilines is 1. The second-order valence-electron chi connectivity index (χ2n) is 5.36. The lowest BCUT2D eigenvalue weighted by Gasteiger charge is -2.42.